The van der Waals surface area contributed by atoms with E-state index in [1.807, 2.05) is 24.3 Å². The van der Waals surface area contributed by atoms with Crippen LogP contribution in [0.3, 0.4) is 0 Å². The molecular formula is C14H14N6O. The zero-order valence-corrected chi connectivity index (χ0v) is 11.5. The molecule has 7 heteroatoms. The van der Waals surface area contributed by atoms with Gasteiger partial charge in [-0.1, -0.05) is 19.1 Å². The molecule has 1 aromatic carbocycles. The lowest BCUT2D eigenvalue weighted by atomic mass is 10.2. The predicted molar refractivity (Wildman–Crippen MR) is 77.3 cm³/mol. The summed E-state index contributed by atoms with van der Waals surface area (Å²) in [6, 6.07) is 7.88. The van der Waals surface area contributed by atoms with Gasteiger partial charge in [-0.2, -0.15) is 15.0 Å². The molecule has 0 aliphatic heterocycles. The van der Waals surface area contributed by atoms with Crippen LogP contribution in [0.4, 0.5) is 5.95 Å². The van der Waals surface area contributed by atoms with Crippen molar-refractivity contribution in [2.75, 3.05) is 5.73 Å². The highest BCUT2D eigenvalue weighted by molar-refractivity contribution is 5.31. The third kappa shape index (κ3) is 2.97. The molecule has 2 aromatic heterocycles. The number of hydrogen-bond donors (Lipinski definition) is 1. The lowest BCUT2D eigenvalue weighted by molar-refractivity contribution is 0.439. The molecule has 0 aliphatic rings. The summed E-state index contributed by atoms with van der Waals surface area (Å²) < 4.78 is 7.25. The molecule has 0 unspecified atom stereocenters. The van der Waals surface area contributed by atoms with Gasteiger partial charge in [-0.25, -0.2) is 4.98 Å². The van der Waals surface area contributed by atoms with E-state index in [4.69, 9.17) is 10.5 Å². The Morgan fingerprint density at radius 1 is 1.14 bits per heavy atom. The molecule has 0 atom stereocenters. The summed E-state index contributed by atoms with van der Waals surface area (Å²) in [6.07, 6.45) is 5.90. The Morgan fingerprint density at radius 2 is 1.95 bits per heavy atom. The number of benzene rings is 1. The van der Waals surface area contributed by atoms with E-state index in [1.165, 1.54) is 5.56 Å². The molecule has 0 amide bonds. The fraction of sp³-hybridized carbons (Fsp3) is 0.143. The number of ether oxygens (including phenoxy) is 1. The number of rotatable bonds is 4. The maximum atomic E-state index is 5.69. The van der Waals surface area contributed by atoms with Gasteiger partial charge in [0.05, 0.1) is 0 Å². The Labute approximate surface area is 121 Å². The van der Waals surface area contributed by atoms with Crippen LogP contribution < -0.4 is 10.5 Å². The molecule has 21 heavy (non-hydrogen) atoms. The summed E-state index contributed by atoms with van der Waals surface area (Å²) in [6.45, 7) is 2.10. The fourth-order valence-electron chi connectivity index (χ4n) is 1.80. The molecule has 0 bridgehead atoms. The Morgan fingerprint density at radius 3 is 2.62 bits per heavy atom. The SMILES string of the molecule is CCc1ccc(Oc2nc(N)nc(-n3ccnc3)n2)cc1. The molecule has 0 aliphatic carbocycles. The number of nitrogen functional groups attached to an aromatic ring is 1. The minimum Gasteiger partial charge on any atom is -0.424 e. The van der Waals surface area contributed by atoms with E-state index in [9.17, 15) is 0 Å². The van der Waals surface area contributed by atoms with Gasteiger partial charge in [-0.05, 0) is 24.1 Å². The van der Waals surface area contributed by atoms with Crippen LogP contribution >= 0.6 is 0 Å². The minimum atomic E-state index is 0.0916. The standard InChI is InChI=1S/C14H14N6O/c1-2-10-3-5-11(6-4-10)21-14-18-12(15)17-13(19-14)20-8-7-16-9-20/h3-9H,2H2,1H3,(H2,15,17,18,19). The first-order valence-corrected chi connectivity index (χ1v) is 6.51. The first-order valence-electron chi connectivity index (χ1n) is 6.51. The molecule has 0 fully saturated rings. The molecule has 7 nitrogen and oxygen atoms in total. The molecule has 0 saturated carbocycles. The van der Waals surface area contributed by atoms with Crippen molar-refractivity contribution in [3.63, 3.8) is 0 Å². The zero-order chi connectivity index (χ0) is 14.7. The predicted octanol–water partition coefficient (Wildman–Crippen LogP) is 1.99. The van der Waals surface area contributed by atoms with Gasteiger partial charge in [-0.3, -0.25) is 4.57 Å². The van der Waals surface area contributed by atoms with Crippen molar-refractivity contribution in [2.45, 2.75) is 13.3 Å². The first-order chi connectivity index (χ1) is 10.2. The highest BCUT2D eigenvalue weighted by Gasteiger charge is 2.08. The summed E-state index contributed by atoms with van der Waals surface area (Å²) in [4.78, 5) is 16.2. The van der Waals surface area contributed by atoms with Crippen LogP contribution in [-0.4, -0.2) is 24.5 Å². The molecule has 2 N–H and O–H groups in total. The highest BCUT2D eigenvalue weighted by atomic mass is 16.5. The van der Waals surface area contributed by atoms with Crippen LogP contribution in [0.5, 0.6) is 11.8 Å². The quantitative estimate of drug-likeness (QED) is 0.786. The Hall–Kier alpha value is -2.96. The molecule has 3 aromatic rings. The van der Waals surface area contributed by atoms with Crippen molar-refractivity contribution in [2.24, 2.45) is 0 Å². The van der Waals surface area contributed by atoms with Crippen LogP contribution in [0, 0.1) is 0 Å². The van der Waals surface area contributed by atoms with Gasteiger partial charge in [0.25, 0.3) is 0 Å². The largest absolute Gasteiger partial charge is 0.424 e. The fourth-order valence-corrected chi connectivity index (χ4v) is 1.80. The van der Waals surface area contributed by atoms with E-state index in [1.54, 1.807) is 23.3 Å². The van der Waals surface area contributed by atoms with Crippen molar-refractivity contribution >= 4 is 5.95 Å². The van der Waals surface area contributed by atoms with Crippen molar-refractivity contribution in [1.82, 2.24) is 24.5 Å². The number of hydrogen-bond acceptors (Lipinski definition) is 6. The number of nitrogens with zero attached hydrogens (tertiary/aromatic N) is 5. The van der Waals surface area contributed by atoms with Gasteiger partial charge in [0.1, 0.15) is 12.1 Å². The van der Waals surface area contributed by atoms with Gasteiger partial charge in [0.15, 0.2) is 0 Å². The summed E-state index contributed by atoms with van der Waals surface area (Å²) in [7, 11) is 0. The molecule has 0 saturated heterocycles. The van der Waals surface area contributed by atoms with Crippen LogP contribution in [-0.2, 0) is 6.42 Å². The average molecular weight is 282 g/mol. The molecular weight excluding hydrogens is 268 g/mol. The number of imidazole rings is 1. The second-order valence-electron chi connectivity index (χ2n) is 4.35. The number of aromatic nitrogens is 5. The average Bonchev–Trinajstić information content (AvgIpc) is 3.02. The highest BCUT2D eigenvalue weighted by Crippen LogP contribution is 2.19. The second-order valence-corrected chi connectivity index (χ2v) is 4.35. The Bertz CT molecular complexity index is 724. The molecule has 106 valence electrons. The van der Waals surface area contributed by atoms with E-state index < -0.39 is 0 Å². The summed E-state index contributed by atoms with van der Waals surface area (Å²) in [5.41, 5.74) is 6.92. The van der Waals surface area contributed by atoms with Crippen LogP contribution in [0.2, 0.25) is 0 Å². The van der Waals surface area contributed by atoms with Crippen molar-refractivity contribution in [1.29, 1.82) is 0 Å². The van der Waals surface area contributed by atoms with E-state index in [0.717, 1.165) is 6.42 Å². The third-order valence-electron chi connectivity index (χ3n) is 2.90. The number of aryl methyl sites for hydroxylation is 1. The van der Waals surface area contributed by atoms with E-state index in [2.05, 4.69) is 26.9 Å². The smallest absolute Gasteiger partial charge is 0.328 e. The summed E-state index contributed by atoms with van der Waals surface area (Å²) in [5.74, 6) is 1.10. The van der Waals surface area contributed by atoms with Crippen LogP contribution in [0.25, 0.3) is 5.95 Å². The molecule has 2 heterocycles. The third-order valence-corrected chi connectivity index (χ3v) is 2.90. The van der Waals surface area contributed by atoms with E-state index in [-0.39, 0.29) is 12.0 Å². The maximum absolute atomic E-state index is 5.69. The van der Waals surface area contributed by atoms with Gasteiger partial charge in [0.2, 0.25) is 11.9 Å². The van der Waals surface area contributed by atoms with Crippen molar-refractivity contribution in [3.8, 4) is 17.7 Å². The van der Waals surface area contributed by atoms with Gasteiger partial charge in [0, 0.05) is 12.4 Å². The second kappa shape index (κ2) is 5.58. The first kappa shape index (κ1) is 13.0. The van der Waals surface area contributed by atoms with Gasteiger partial charge in [-0.15, -0.1) is 0 Å². The van der Waals surface area contributed by atoms with E-state index >= 15 is 0 Å². The molecule has 0 spiro atoms. The lowest BCUT2D eigenvalue weighted by Crippen LogP contribution is -2.06. The monoisotopic (exact) mass is 282 g/mol. The Kier molecular flexibility index (Phi) is 3.46. The number of anilines is 1. The minimum absolute atomic E-state index is 0.0916. The normalized spacial score (nSPS) is 10.5. The molecule has 3 rings (SSSR count). The zero-order valence-electron chi connectivity index (χ0n) is 11.5. The topological polar surface area (TPSA) is 91.7 Å². The van der Waals surface area contributed by atoms with Crippen LogP contribution in [0.15, 0.2) is 43.0 Å². The lowest BCUT2D eigenvalue weighted by Gasteiger charge is -2.07. The van der Waals surface area contributed by atoms with Gasteiger partial charge < -0.3 is 10.5 Å². The Balaban J connectivity index is 1.88. The van der Waals surface area contributed by atoms with Gasteiger partial charge >= 0.3 is 6.01 Å². The van der Waals surface area contributed by atoms with Crippen molar-refractivity contribution in [3.05, 3.63) is 48.5 Å². The molecule has 0 radical (unpaired) electrons. The maximum Gasteiger partial charge on any atom is 0.328 e. The van der Waals surface area contributed by atoms with Crippen LogP contribution in [0.1, 0.15) is 12.5 Å². The summed E-state index contributed by atoms with van der Waals surface area (Å²) in [5, 5.41) is 0. The van der Waals surface area contributed by atoms with Crippen molar-refractivity contribution < 1.29 is 4.74 Å². The summed E-state index contributed by atoms with van der Waals surface area (Å²) >= 11 is 0. The van der Waals surface area contributed by atoms with E-state index in [0.29, 0.717) is 11.7 Å². The number of nitrogens with two attached hydrogens (primary N) is 1.